The van der Waals surface area contributed by atoms with Gasteiger partial charge in [0, 0.05) is 44.3 Å². The average Bonchev–Trinajstić information content (AvgIpc) is 4.05. The minimum atomic E-state index is 0.257. The zero-order valence-electron chi connectivity index (χ0n) is 34.9. The van der Waals surface area contributed by atoms with Gasteiger partial charge in [-0.05, 0) is 219 Å². The van der Waals surface area contributed by atoms with Crippen molar-refractivity contribution in [2.24, 2.45) is 0 Å². The molecule has 8 heteroatoms. The molecule has 0 amide bonds. The normalized spacial score (nSPS) is 12.1. The molecule has 4 aromatic carbocycles. The van der Waals surface area contributed by atoms with Crippen molar-refractivity contribution >= 4 is 46.4 Å². The highest BCUT2D eigenvalue weighted by molar-refractivity contribution is 6.00. The van der Waals surface area contributed by atoms with E-state index < -0.39 is 0 Å². The van der Waals surface area contributed by atoms with E-state index in [0.29, 0.717) is 0 Å². The van der Waals surface area contributed by atoms with Crippen molar-refractivity contribution in [2.75, 3.05) is 0 Å². The third-order valence-electron chi connectivity index (χ3n) is 11.9. The third kappa shape index (κ3) is 6.32. The summed E-state index contributed by atoms with van der Waals surface area (Å²) in [5, 5.41) is 43.4. The van der Waals surface area contributed by atoms with E-state index in [-0.39, 0.29) is 23.0 Å². The molecule has 0 aliphatic carbocycles. The number of rotatable bonds is 4. The number of nitrogens with zero attached hydrogens (tertiary/aromatic N) is 2. The molecule has 2 aliphatic heterocycles. The predicted octanol–water partition coefficient (Wildman–Crippen LogP) is 12.6. The third-order valence-corrected chi connectivity index (χ3v) is 11.9. The van der Waals surface area contributed by atoms with Crippen molar-refractivity contribution in [3.8, 4) is 67.5 Å². The largest absolute Gasteiger partial charge is 0.507 e. The first-order valence-electron chi connectivity index (χ1n) is 20.1. The molecule has 9 rings (SSSR count). The molecule has 8 nitrogen and oxygen atoms in total. The van der Waals surface area contributed by atoms with E-state index in [2.05, 4.69) is 34.2 Å². The Morgan fingerprint density at radius 2 is 0.500 bits per heavy atom. The van der Waals surface area contributed by atoms with E-state index in [1.54, 1.807) is 0 Å². The number of H-pyrrole nitrogens is 2. The fourth-order valence-electron chi connectivity index (χ4n) is 8.82. The maximum absolute atomic E-state index is 10.9. The maximum Gasteiger partial charge on any atom is 0.121 e. The van der Waals surface area contributed by atoms with Crippen LogP contribution in [0, 0.1) is 55.4 Å². The van der Waals surface area contributed by atoms with Crippen LogP contribution in [-0.2, 0) is 0 Å². The molecule has 0 unspecified atom stereocenters. The number of phenols is 4. The quantitative estimate of drug-likeness (QED) is 0.105. The summed E-state index contributed by atoms with van der Waals surface area (Å²) < 4.78 is 0. The zero-order valence-corrected chi connectivity index (χ0v) is 34.9. The molecular weight excluding hydrogens is 745 g/mol. The summed E-state index contributed by atoms with van der Waals surface area (Å²) in [6.07, 6.45) is 8.14. The number of benzene rings is 4. The molecule has 0 fully saturated rings. The molecule has 7 aromatic rings. The van der Waals surface area contributed by atoms with Gasteiger partial charge in [0.25, 0.3) is 0 Å². The van der Waals surface area contributed by atoms with Gasteiger partial charge in [0.05, 0.1) is 22.8 Å². The summed E-state index contributed by atoms with van der Waals surface area (Å²) in [4.78, 5) is 18.3. The van der Waals surface area contributed by atoms with E-state index in [0.717, 1.165) is 134 Å². The summed E-state index contributed by atoms with van der Waals surface area (Å²) in [6, 6.07) is 24.2. The summed E-state index contributed by atoms with van der Waals surface area (Å²) >= 11 is 0. The fraction of sp³-hybridized carbons (Fsp3) is 0.154. The molecule has 0 spiro atoms. The molecule has 2 aliphatic rings. The first kappa shape index (κ1) is 38.2. The Bertz CT molecular complexity index is 2720. The number of aromatic nitrogens is 4. The van der Waals surface area contributed by atoms with Crippen LogP contribution >= 0.6 is 0 Å². The Balaban J connectivity index is 1.51. The van der Waals surface area contributed by atoms with Gasteiger partial charge in [-0.3, -0.25) is 0 Å². The number of aryl methyl sites for hydroxylation is 8. The Hall–Kier alpha value is -7.32. The molecule has 0 saturated heterocycles. The van der Waals surface area contributed by atoms with Gasteiger partial charge >= 0.3 is 0 Å². The van der Waals surface area contributed by atoms with Crippen LogP contribution in [0.2, 0.25) is 0 Å². The summed E-state index contributed by atoms with van der Waals surface area (Å²) in [7, 11) is 0. The second-order valence-electron chi connectivity index (χ2n) is 16.3. The van der Waals surface area contributed by atoms with Crippen LogP contribution in [0.4, 0.5) is 0 Å². The van der Waals surface area contributed by atoms with Crippen LogP contribution < -0.4 is 0 Å². The van der Waals surface area contributed by atoms with Gasteiger partial charge in [-0.2, -0.15) is 0 Å². The Kier molecular flexibility index (Phi) is 9.04. The van der Waals surface area contributed by atoms with Crippen LogP contribution in [0.15, 0.2) is 72.8 Å². The van der Waals surface area contributed by atoms with Crippen LogP contribution in [0.25, 0.3) is 90.9 Å². The fourth-order valence-corrected chi connectivity index (χ4v) is 8.82. The van der Waals surface area contributed by atoms with Gasteiger partial charge in [-0.15, -0.1) is 0 Å². The molecule has 298 valence electrons. The lowest BCUT2D eigenvalue weighted by molar-refractivity contribution is 0.466. The summed E-state index contributed by atoms with van der Waals surface area (Å²) in [6.45, 7) is 15.2. The lowest BCUT2D eigenvalue weighted by Crippen LogP contribution is -1.92. The topological polar surface area (TPSA) is 138 Å². The first-order chi connectivity index (χ1) is 28.7. The lowest BCUT2D eigenvalue weighted by Gasteiger charge is -2.11. The van der Waals surface area contributed by atoms with Crippen LogP contribution in [0.1, 0.15) is 67.3 Å². The number of phenolic OH excluding ortho intramolecular Hbond substituents is 4. The molecular formula is C52H46N4O4. The molecule has 0 atom stereocenters. The van der Waals surface area contributed by atoms with Crippen molar-refractivity contribution in [1.82, 2.24) is 19.9 Å². The molecule has 5 heterocycles. The van der Waals surface area contributed by atoms with E-state index in [9.17, 15) is 20.4 Å². The average molecular weight is 791 g/mol. The van der Waals surface area contributed by atoms with Crippen LogP contribution in [0.3, 0.4) is 0 Å². The van der Waals surface area contributed by atoms with Crippen molar-refractivity contribution in [2.45, 2.75) is 55.4 Å². The Labute approximate surface area is 348 Å². The zero-order chi connectivity index (χ0) is 42.3. The van der Waals surface area contributed by atoms with E-state index >= 15 is 0 Å². The maximum atomic E-state index is 10.9. The van der Waals surface area contributed by atoms with Gasteiger partial charge in [-0.25, -0.2) is 9.97 Å². The number of hydrogen-bond donors (Lipinski definition) is 6. The van der Waals surface area contributed by atoms with E-state index in [1.807, 2.05) is 128 Å². The number of fused-ring (bicyclic) bond motifs is 8. The van der Waals surface area contributed by atoms with Gasteiger partial charge < -0.3 is 30.4 Å². The van der Waals surface area contributed by atoms with Gasteiger partial charge in [-0.1, -0.05) is 0 Å². The SMILES string of the molecule is Cc1cc(-c2c3nc(c(-c4cc(C)c(O)c(C)c4)c4ccc([nH]4)c(-c4cc(C)c(O)c(C)c4)c4nc(c(-c5cc(C)c(O)c(C)c5)c5ccc2[nH]5)C=C4)C=C3)cc(C)c1O. The first-order valence-corrected chi connectivity index (χ1v) is 20.1. The number of aromatic hydroxyl groups is 4. The Morgan fingerprint density at radius 1 is 0.317 bits per heavy atom. The van der Waals surface area contributed by atoms with E-state index in [4.69, 9.17) is 9.97 Å². The second kappa shape index (κ2) is 14.2. The van der Waals surface area contributed by atoms with Crippen molar-refractivity contribution in [3.05, 3.63) is 140 Å². The minimum absolute atomic E-state index is 0.257. The number of aromatic amines is 2. The molecule has 0 radical (unpaired) electrons. The highest BCUT2D eigenvalue weighted by atomic mass is 16.3. The number of hydrogen-bond acceptors (Lipinski definition) is 6. The molecule has 0 saturated carbocycles. The highest BCUT2D eigenvalue weighted by Gasteiger charge is 2.21. The Morgan fingerprint density at radius 3 is 0.683 bits per heavy atom. The molecule has 3 aromatic heterocycles. The predicted molar refractivity (Wildman–Crippen MR) is 245 cm³/mol. The van der Waals surface area contributed by atoms with Gasteiger partial charge in [0.2, 0.25) is 0 Å². The molecule has 8 bridgehead atoms. The van der Waals surface area contributed by atoms with Crippen molar-refractivity contribution < 1.29 is 20.4 Å². The standard InChI is InChI=1S/C52H46N4O4/c1-25-17-33(18-26(2)49(25)57)45-37-9-11-39(53-37)46(34-19-27(3)50(58)28(4)20-34)41-13-15-43(55-41)48(36-23-31(7)52(60)32(8)24-36)44-16-14-42(56-44)47(40-12-10-38(45)54-40)35-21-29(5)51(59)30(6)22-35/h9-24,53,56-60H,1-8H3. The van der Waals surface area contributed by atoms with Crippen LogP contribution in [-0.4, -0.2) is 40.4 Å². The van der Waals surface area contributed by atoms with Crippen molar-refractivity contribution in [3.63, 3.8) is 0 Å². The lowest BCUT2D eigenvalue weighted by atomic mass is 9.98. The minimum Gasteiger partial charge on any atom is -0.507 e. The monoisotopic (exact) mass is 790 g/mol. The highest BCUT2D eigenvalue weighted by Crippen LogP contribution is 2.42. The van der Waals surface area contributed by atoms with Gasteiger partial charge in [0.1, 0.15) is 23.0 Å². The summed E-state index contributed by atoms with van der Waals surface area (Å²) in [5.74, 6) is 1.03. The molecule has 6 N–H and O–H groups in total. The molecule has 60 heavy (non-hydrogen) atoms. The van der Waals surface area contributed by atoms with E-state index in [1.165, 1.54) is 0 Å². The second-order valence-corrected chi connectivity index (χ2v) is 16.3. The number of nitrogens with one attached hydrogen (secondary N) is 2. The summed E-state index contributed by atoms with van der Waals surface area (Å²) in [5.41, 5.74) is 19.3. The van der Waals surface area contributed by atoms with Gasteiger partial charge in [0.15, 0.2) is 0 Å². The smallest absolute Gasteiger partial charge is 0.121 e. The van der Waals surface area contributed by atoms with Crippen molar-refractivity contribution in [1.29, 1.82) is 0 Å². The van der Waals surface area contributed by atoms with Crippen LogP contribution in [0.5, 0.6) is 23.0 Å².